The Morgan fingerprint density at radius 3 is 2.55 bits per heavy atom. The van der Waals surface area contributed by atoms with Gasteiger partial charge in [0, 0.05) is 22.7 Å². The van der Waals surface area contributed by atoms with Crippen molar-refractivity contribution in [2.75, 3.05) is 5.32 Å². The fraction of sp³-hybridized carbons (Fsp3) is 0.333. The number of pyridine rings is 1. The summed E-state index contributed by atoms with van der Waals surface area (Å²) in [6, 6.07) is 6.71. The van der Waals surface area contributed by atoms with Crippen LogP contribution in [0.4, 0.5) is 10.5 Å². The van der Waals surface area contributed by atoms with Gasteiger partial charge in [0.2, 0.25) is 5.56 Å². The molecule has 2 N–H and O–H groups in total. The van der Waals surface area contributed by atoms with Gasteiger partial charge in [0.25, 0.3) is 0 Å². The van der Waals surface area contributed by atoms with Gasteiger partial charge in [0.15, 0.2) is 0 Å². The number of benzene rings is 1. The van der Waals surface area contributed by atoms with Gasteiger partial charge in [-0.1, -0.05) is 0 Å². The van der Waals surface area contributed by atoms with E-state index in [1.54, 1.807) is 18.2 Å². The molecule has 1 aromatic heterocycles. The van der Waals surface area contributed by atoms with Crippen LogP contribution in [0.25, 0.3) is 10.9 Å². The third kappa shape index (κ3) is 3.17. The highest BCUT2D eigenvalue weighted by Gasteiger charge is 2.17. The maximum Gasteiger partial charge on any atom is 0.412 e. The van der Waals surface area contributed by atoms with E-state index < -0.39 is 11.7 Å². The van der Waals surface area contributed by atoms with Crippen LogP contribution in [0.15, 0.2) is 29.1 Å². The van der Waals surface area contributed by atoms with Gasteiger partial charge >= 0.3 is 6.09 Å². The first-order valence-corrected chi connectivity index (χ1v) is 6.39. The Morgan fingerprint density at radius 2 is 1.90 bits per heavy atom. The van der Waals surface area contributed by atoms with Crippen LogP contribution in [0.5, 0.6) is 0 Å². The van der Waals surface area contributed by atoms with E-state index in [-0.39, 0.29) is 5.56 Å². The van der Waals surface area contributed by atoms with Crippen LogP contribution in [0.2, 0.25) is 0 Å². The zero-order chi connectivity index (χ0) is 14.9. The molecular formula is C15H18N2O3. The average molecular weight is 274 g/mol. The summed E-state index contributed by atoms with van der Waals surface area (Å²) in [6.45, 7) is 7.31. The number of carbonyl (C=O) groups is 1. The van der Waals surface area contributed by atoms with Crippen molar-refractivity contribution >= 4 is 22.7 Å². The van der Waals surface area contributed by atoms with Crippen molar-refractivity contribution in [2.24, 2.45) is 0 Å². The van der Waals surface area contributed by atoms with Crippen LogP contribution in [-0.4, -0.2) is 16.7 Å². The molecule has 0 fully saturated rings. The van der Waals surface area contributed by atoms with Crippen LogP contribution >= 0.6 is 0 Å². The lowest BCUT2D eigenvalue weighted by molar-refractivity contribution is 0.0636. The molecule has 5 nitrogen and oxygen atoms in total. The highest BCUT2D eigenvalue weighted by molar-refractivity contribution is 5.93. The van der Waals surface area contributed by atoms with Crippen molar-refractivity contribution in [2.45, 2.75) is 33.3 Å². The topological polar surface area (TPSA) is 71.2 Å². The van der Waals surface area contributed by atoms with Crippen LogP contribution in [0, 0.1) is 6.92 Å². The molecule has 0 saturated heterocycles. The number of rotatable bonds is 1. The number of aromatic nitrogens is 1. The van der Waals surface area contributed by atoms with Gasteiger partial charge in [0.05, 0.1) is 0 Å². The second-order valence-corrected chi connectivity index (χ2v) is 5.65. The molecule has 2 aromatic rings. The van der Waals surface area contributed by atoms with Gasteiger partial charge in [-0.15, -0.1) is 0 Å². The summed E-state index contributed by atoms with van der Waals surface area (Å²) in [5, 5.41) is 3.61. The zero-order valence-corrected chi connectivity index (χ0v) is 12.0. The third-order valence-corrected chi connectivity index (χ3v) is 2.81. The molecule has 1 aromatic carbocycles. The first kappa shape index (κ1) is 14.1. The number of anilines is 1. The van der Waals surface area contributed by atoms with Crippen molar-refractivity contribution < 1.29 is 9.53 Å². The third-order valence-electron chi connectivity index (χ3n) is 2.81. The number of H-pyrrole nitrogens is 1. The predicted octanol–water partition coefficient (Wildman–Crippen LogP) is 3.18. The van der Waals surface area contributed by atoms with Crippen molar-refractivity contribution in [3.05, 3.63) is 40.2 Å². The first-order valence-electron chi connectivity index (χ1n) is 6.39. The van der Waals surface area contributed by atoms with Crippen molar-refractivity contribution in [3.8, 4) is 0 Å². The first-order chi connectivity index (χ1) is 9.26. The Labute approximate surface area is 117 Å². The van der Waals surface area contributed by atoms with Gasteiger partial charge in [-0.25, -0.2) is 4.79 Å². The molecule has 0 saturated carbocycles. The summed E-state index contributed by atoms with van der Waals surface area (Å²) >= 11 is 0. The number of aryl methyl sites for hydroxylation is 1. The number of amides is 1. The molecule has 0 bridgehead atoms. The Hall–Kier alpha value is -2.30. The Bertz CT molecular complexity index is 711. The van der Waals surface area contributed by atoms with E-state index >= 15 is 0 Å². The minimum absolute atomic E-state index is 0.148. The second kappa shape index (κ2) is 5.00. The number of carbonyl (C=O) groups excluding carboxylic acids is 1. The fourth-order valence-corrected chi connectivity index (χ4v) is 1.93. The van der Waals surface area contributed by atoms with Crippen molar-refractivity contribution in [3.63, 3.8) is 0 Å². The minimum atomic E-state index is -0.542. The lowest BCUT2D eigenvalue weighted by Gasteiger charge is -2.20. The molecule has 2 rings (SSSR count). The average Bonchev–Trinajstić information content (AvgIpc) is 2.30. The van der Waals surface area contributed by atoms with Crippen LogP contribution < -0.4 is 10.9 Å². The fourth-order valence-electron chi connectivity index (χ4n) is 1.93. The smallest absolute Gasteiger partial charge is 0.412 e. The van der Waals surface area contributed by atoms with E-state index in [1.165, 1.54) is 6.07 Å². The normalized spacial score (nSPS) is 11.4. The van der Waals surface area contributed by atoms with Crippen LogP contribution in [0.3, 0.4) is 0 Å². The largest absolute Gasteiger partial charge is 0.444 e. The Balaban J connectivity index is 2.32. The number of fused-ring (bicyclic) bond motifs is 1. The van der Waals surface area contributed by atoms with E-state index in [0.717, 1.165) is 16.5 Å². The zero-order valence-electron chi connectivity index (χ0n) is 12.0. The van der Waals surface area contributed by atoms with Gasteiger partial charge < -0.3 is 9.72 Å². The maximum absolute atomic E-state index is 11.8. The molecule has 0 aliphatic carbocycles. The van der Waals surface area contributed by atoms with E-state index in [4.69, 9.17) is 4.74 Å². The number of nitrogens with one attached hydrogen (secondary N) is 2. The molecule has 0 aliphatic rings. The monoisotopic (exact) mass is 274 g/mol. The molecule has 20 heavy (non-hydrogen) atoms. The maximum atomic E-state index is 11.8. The molecular weight excluding hydrogens is 256 g/mol. The summed E-state index contributed by atoms with van der Waals surface area (Å²) in [5.74, 6) is 0. The summed E-state index contributed by atoms with van der Waals surface area (Å²) in [5.41, 5.74) is 1.60. The SMILES string of the molecule is Cc1c(NC(=O)OC(C)(C)C)ccc2[nH]c(=O)ccc12. The molecule has 0 atom stereocenters. The molecule has 0 aliphatic heterocycles. The second-order valence-electron chi connectivity index (χ2n) is 5.65. The number of aromatic amines is 1. The molecule has 0 radical (unpaired) electrons. The van der Waals surface area contributed by atoms with E-state index in [1.807, 2.05) is 27.7 Å². The highest BCUT2D eigenvalue weighted by Crippen LogP contribution is 2.23. The minimum Gasteiger partial charge on any atom is -0.444 e. The molecule has 106 valence electrons. The molecule has 0 unspecified atom stereocenters. The van der Waals surface area contributed by atoms with Crippen LogP contribution in [-0.2, 0) is 4.74 Å². The van der Waals surface area contributed by atoms with E-state index in [0.29, 0.717) is 5.69 Å². The van der Waals surface area contributed by atoms with E-state index in [2.05, 4.69) is 10.3 Å². The van der Waals surface area contributed by atoms with Gasteiger partial charge in [-0.2, -0.15) is 0 Å². The lowest BCUT2D eigenvalue weighted by atomic mass is 10.1. The summed E-state index contributed by atoms with van der Waals surface area (Å²) < 4.78 is 5.22. The van der Waals surface area contributed by atoms with Gasteiger partial charge in [-0.3, -0.25) is 10.1 Å². The quantitative estimate of drug-likeness (QED) is 0.839. The van der Waals surface area contributed by atoms with E-state index in [9.17, 15) is 9.59 Å². The van der Waals surface area contributed by atoms with Crippen molar-refractivity contribution in [1.82, 2.24) is 4.98 Å². The van der Waals surface area contributed by atoms with Gasteiger partial charge in [0.1, 0.15) is 5.60 Å². The molecule has 1 heterocycles. The molecule has 0 spiro atoms. The number of hydrogen-bond donors (Lipinski definition) is 2. The lowest BCUT2D eigenvalue weighted by Crippen LogP contribution is -2.27. The molecule has 1 amide bonds. The van der Waals surface area contributed by atoms with Crippen molar-refractivity contribution in [1.29, 1.82) is 0 Å². The molecule has 5 heteroatoms. The predicted molar refractivity (Wildman–Crippen MR) is 79.2 cm³/mol. The number of hydrogen-bond acceptors (Lipinski definition) is 3. The van der Waals surface area contributed by atoms with Gasteiger partial charge in [-0.05, 0) is 51.5 Å². The summed E-state index contributed by atoms with van der Waals surface area (Å²) in [4.78, 5) is 25.8. The van der Waals surface area contributed by atoms with Crippen LogP contribution in [0.1, 0.15) is 26.3 Å². The summed E-state index contributed by atoms with van der Waals surface area (Å²) in [7, 11) is 0. The Kier molecular flexibility index (Phi) is 3.53. The number of ether oxygens (including phenoxy) is 1. The standard InChI is InChI=1S/C15H18N2O3/c1-9-10-5-8-13(18)16-12(10)7-6-11(9)17-14(19)20-15(2,3)4/h5-8H,1-4H3,(H,16,18)(H,17,19). The highest BCUT2D eigenvalue weighted by atomic mass is 16.6. The summed E-state index contributed by atoms with van der Waals surface area (Å²) in [6.07, 6.45) is -0.496. The Morgan fingerprint density at radius 1 is 1.20 bits per heavy atom.